The van der Waals surface area contributed by atoms with Crippen molar-refractivity contribution in [2.75, 3.05) is 6.54 Å². The molecule has 9 nitrogen and oxygen atoms in total. The van der Waals surface area contributed by atoms with Gasteiger partial charge in [-0.1, -0.05) is 0 Å². The van der Waals surface area contributed by atoms with Crippen LogP contribution < -0.4 is 16.2 Å². The van der Waals surface area contributed by atoms with Gasteiger partial charge in [-0.3, -0.25) is 18.8 Å². The zero-order valence-electron chi connectivity index (χ0n) is 15.2. The number of aromatic nitrogens is 3. The highest BCUT2D eigenvalue weighted by molar-refractivity contribution is 5.97. The minimum atomic E-state index is -0.572. The second-order valence-electron chi connectivity index (χ2n) is 6.67. The molecule has 0 radical (unpaired) electrons. The number of hydrogen-bond acceptors (Lipinski definition) is 5. The average Bonchev–Trinajstić information content (AvgIpc) is 3.30. The number of fused-ring (bicyclic) bond motifs is 1. The number of amides is 2. The molecule has 2 N–H and O–H groups in total. The topological polar surface area (TPSA) is 111 Å². The van der Waals surface area contributed by atoms with Gasteiger partial charge < -0.3 is 19.6 Å². The van der Waals surface area contributed by atoms with Crippen molar-refractivity contribution in [3.8, 4) is 11.3 Å². The van der Waals surface area contributed by atoms with Crippen LogP contribution >= 0.6 is 0 Å². The molecule has 0 aromatic carbocycles. The van der Waals surface area contributed by atoms with Gasteiger partial charge in [0.05, 0.1) is 5.69 Å². The van der Waals surface area contributed by atoms with E-state index in [1.807, 2.05) is 19.9 Å². The van der Waals surface area contributed by atoms with Gasteiger partial charge in [-0.15, -0.1) is 0 Å². The van der Waals surface area contributed by atoms with Gasteiger partial charge in [0.2, 0.25) is 11.6 Å². The molecule has 3 aromatic heterocycles. The van der Waals surface area contributed by atoms with Gasteiger partial charge in [0.15, 0.2) is 0 Å². The van der Waals surface area contributed by atoms with Crippen LogP contribution in [0.1, 0.15) is 28.4 Å². The van der Waals surface area contributed by atoms with E-state index in [1.165, 1.54) is 15.2 Å². The maximum Gasteiger partial charge on any atom is 0.294 e. The van der Waals surface area contributed by atoms with Crippen molar-refractivity contribution in [1.82, 2.24) is 24.6 Å². The number of carbonyl (C=O) groups is 2. The zero-order chi connectivity index (χ0) is 19.3. The molecule has 1 unspecified atom stereocenters. The summed E-state index contributed by atoms with van der Waals surface area (Å²) in [5.74, 6) is 0.749. The Balaban J connectivity index is 1.75. The molecule has 27 heavy (non-hydrogen) atoms. The standard InChI is InChI=1S/C18H19N5O4/c1-9-6-11(10(2)27-9)14-8-23-7-13(20-15(23)18(26)22(14)3)17(25)21-12-4-5-19-16(12)24/h6-8,12H,4-5H2,1-3H3,(H,19,24)(H,21,25). The second-order valence-corrected chi connectivity index (χ2v) is 6.67. The first-order valence-electron chi connectivity index (χ1n) is 8.60. The maximum absolute atomic E-state index is 12.7. The van der Waals surface area contributed by atoms with Crippen LogP contribution in [0.3, 0.4) is 0 Å². The summed E-state index contributed by atoms with van der Waals surface area (Å²) in [6.07, 6.45) is 3.76. The molecule has 4 rings (SSSR count). The van der Waals surface area contributed by atoms with Crippen molar-refractivity contribution < 1.29 is 14.0 Å². The van der Waals surface area contributed by atoms with Gasteiger partial charge in [-0.2, -0.15) is 0 Å². The molecule has 4 heterocycles. The predicted octanol–water partition coefficient (Wildman–Crippen LogP) is 0.528. The van der Waals surface area contributed by atoms with Crippen molar-refractivity contribution in [3.63, 3.8) is 0 Å². The predicted molar refractivity (Wildman–Crippen MR) is 96.5 cm³/mol. The summed E-state index contributed by atoms with van der Waals surface area (Å²) in [4.78, 5) is 41.0. The lowest BCUT2D eigenvalue weighted by atomic mass is 10.2. The monoisotopic (exact) mass is 369 g/mol. The van der Waals surface area contributed by atoms with Crippen LogP contribution in [0, 0.1) is 13.8 Å². The number of rotatable bonds is 3. The summed E-state index contributed by atoms with van der Waals surface area (Å²) >= 11 is 0. The fourth-order valence-electron chi connectivity index (χ4n) is 3.34. The third-order valence-electron chi connectivity index (χ3n) is 4.75. The van der Waals surface area contributed by atoms with E-state index in [0.29, 0.717) is 24.4 Å². The van der Waals surface area contributed by atoms with Crippen LogP contribution in [0.4, 0.5) is 0 Å². The lowest BCUT2D eigenvalue weighted by molar-refractivity contribution is -0.120. The summed E-state index contributed by atoms with van der Waals surface area (Å²) in [6.45, 7) is 4.20. The highest BCUT2D eigenvalue weighted by atomic mass is 16.3. The first kappa shape index (κ1) is 17.1. The molecule has 1 aliphatic rings. The van der Waals surface area contributed by atoms with E-state index in [2.05, 4.69) is 15.6 Å². The largest absolute Gasteiger partial charge is 0.466 e. The van der Waals surface area contributed by atoms with Crippen molar-refractivity contribution in [1.29, 1.82) is 0 Å². The molecule has 0 aliphatic carbocycles. The molecule has 0 saturated carbocycles. The molecule has 1 fully saturated rings. The summed E-state index contributed by atoms with van der Waals surface area (Å²) < 4.78 is 8.57. The highest BCUT2D eigenvalue weighted by Gasteiger charge is 2.27. The number of furan rings is 1. The third-order valence-corrected chi connectivity index (χ3v) is 4.75. The van der Waals surface area contributed by atoms with Crippen LogP contribution in [0.2, 0.25) is 0 Å². The Morgan fingerprint density at radius 2 is 2.11 bits per heavy atom. The Kier molecular flexibility index (Phi) is 3.87. The van der Waals surface area contributed by atoms with Crippen LogP contribution in [-0.4, -0.2) is 38.4 Å². The van der Waals surface area contributed by atoms with Gasteiger partial charge in [-0.05, 0) is 26.3 Å². The van der Waals surface area contributed by atoms with E-state index in [4.69, 9.17) is 4.42 Å². The maximum atomic E-state index is 12.7. The smallest absolute Gasteiger partial charge is 0.294 e. The van der Waals surface area contributed by atoms with Crippen LogP contribution in [0.25, 0.3) is 16.9 Å². The quantitative estimate of drug-likeness (QED) is 0.700. The highest BCUT2D eigenvalue weighted by Crippen LogP contribution is 2.25. The van der Waals surface area contributed by atoms with Crippen molar-refractivity contribution in [2.45, 2.75) is 26.3 Å². The fraction of sp³-hybridized carbons (Fsp3) is 0.333. The molecular weight excluding hydrogens is 350 g/mol. The SMILES string of the molecule is Cc1cc(-c2cn3cc(C(=O)NC4CCNC4=O)nc3c(=O)n2C)c(C)o1. The van der Waals surface area contributed by atoms with Gasteiger partial charge >= 0.3 is 0 Å². The fourth-order valence-corrected chi connectivity index (χ4v) is 3.34. The second kappa shape index (κ2) is 6.11. The van der Waals surface area contributed by atoms with E-state index >= 15 is 0 Å². The Hall–Kier alpha value is -3.36. The number of nitrogens with zero attached hydrogens (tertiary/aromatic N) is 3. The normalized spacial score (nSPS) is 16.7. The molecular formula is C18H19N5O4. The molecule has 0 bridgehead atoms. The van der Waals surface area contributed by atoms with Gasteiger partial charge in [0, 0.05) is 31.5 Å². The van der Waals surface area contributed by atoms with Crippen LogP contribution in [0.5, 0.6) is 0 Å². The van der Waals surface area contributed by atoms with Crippen molar-refractivity contribution in [3.05, 3.63) is 46.0 Å². The number of carbonyl (C=O) groups excluding carboxylic acids is 2. The minimum Gasteiger partial charge on any atom is -0.466 e. The molecule has 140 valence electrons. The van der Waals surface area contributed by atoms with E-state index < -0.39 is 11.9 Å². The van der Waals surface area contributed by atoms with E-state index in [1.54, 1.807) is 13.2 Å². The summed E-state index contributed by atoms with van der Waals surface area (Å²) in [7, 11) is 1.65. The van der Waals surface area contributed by atoms with Crippen LogP contribution in [-0.2, 0) is 11.8 Å². The first-order chi connectivity index (χ1) is 12.8. The minimum absolute atomic E-state index is 0.0871. The Bertz CT molecular complexity index is 1140. The molecule has 0 spiro atoms. The lowest BCUT2D eigenvalue weighted by Crippen LogP contribution is -2.40. The van der Waals surface area contributed by atoms with Gasteiger partial charge in [0.25, 0.3) is 11.5 Å². The number of hydrogen-bond donors (Lipinski definition) is 2. The number of imidazole rings is 1. The van der Waals surface area contributed by atoms with Crippen molar-refractivity contribution >= 4 is 17.5 Å². The number of aryl methyl sites for hydroxylation is 2. The Labute approximate surface area is 154 Å². The van der Waals surface area contributed by atoms with E-state index in [0.717, 1.165) is 11.3 Å². The summed E-state index contributed by atoms with van der Waals surface area (Å²) in [5, 5.41) is 5.31. The molecule has 3 aromatic rings. The van der Waals surface area contributed by atoms with E-state index in [-0.39, 0.29) is 22.8 Å². The van der Waals surface area contributed by atoms with Gasteiger partial charge in [-0.25, -0.2) is 4.98 Å². The van der Waals surface area contributed by atoms with E-state index in [9.17, 15) is 14.4 Å². The molecule has 9 heteroatoms. The Morgan fingerprint density at radius 3 is 2.74 bits per heavy atom. The zero-order valence-corrected chi connectivity index (χ0v) is 15.2. The molecule has 1 aliphatic heterocycles. The molecule has 1 saturated heterocycles. The Morgan fingerprint density at radius 1 is 1.33 bits per heavy atom. The summed E-state index contributed by atoms with van der Waals surface area (Å²) in [6, 6.07) is 1.29. The first-order valence-corrected chi connectivity index (χ1v) is 8.60. The van der Waals surface area contributed by atoms with Crippen molar-refractivity contribution in [2.24, 2.45) is 7.05 Å². The average molecular weight is 369 g/mol. The molecule has 1 atom stereocenters. The van der Waals surface area contributed by atoms with Crippen LogP contribution in [0.15, 0.2) is 27.7 Å². The summed E-state index contributed by atoms with van der Waals surface area (Å²) in [5.41, 5.74) is 1.35. The third kappa shape index (κ3) is 2.80. The molecule has 2 amide bonds. The van der Waals surface area contributed by atoms with Gasteiger partial charge in [0.1, 0.15) is 23.3 Å². The number of nitrogens with one attached hydrogen (secondary N) is 2. The lowest BCUT2D eigenvalue weighted by Gasteiger charge is -2.07.